The van der Waals surface area contributed by atoms with Gasteiger partial charge in [-0.1, -0.05) is 37.5 Å². The van der Waals surface area contributed by atoms with Gasteiger partial charge in [0, 0.05) is 37.8 Å². The lowest BCUT2D eigenvalue weighted by atomic mass is 9.79. The molecule has 10 nitrogen and oxygen atoms in total. The number of unbranched alkanes of at least 4 members (excludes halogenated alkanes) is 1. The second-order valence-corrected chi connectivity index (χ2v) is 12.3. The van der Waals surface area contributed by atoms with Crippen LogP contribution < -0.4 is 0 Å². The predicted octanol–water partition coefficient (Wildman–Crippen LogP) is 6.50. The van der Waals surface area contributed by atoms with Gasteiger partial charge in [-0.3, -0.25) is 0 Å². The molecule has 226 valence electrons. The molecule has 0 radical (unpaired) electrons. The van der Waals surface area contributed by atoms with Gasteiger partial charge in [0.1, 0.15) is 5.76 Å². The smallest absolute Gasteiger partial charge is 0.410 e. The van der Waals surface area contributed by atoms with Crippen molar-refractivity contribution in [3.8, 4) is 0 Å². The van der Waals surface area contributed by atoms with E-state index in [0.717, 1.165) is 19.0 Å². The summed E-state index contributed by atoms with van der Waals surface area (Å²) in [6, 6.07) is -0.281. The zero-order valence-electron chi connectivity index (χ0n) is 25.5. The van der Waals surface area contributed by atoms with Gasteiger partial charge in [0.25, 0.3) is 0 Å². The number of rotatable bonds is 15. The van der Waals surface area contributed by atoms with E-state index in [1.54, 1.807) is 25.7 Å². The number of cyclic esters (lactones) is 2. The highest BCUT2D eigenvalue weighted by Gasteiger charge is 2.55. The molecule has 2 aliphatic heterocycles. The molecule has 1 unspecified atom stereocenters. The van der Waals surface area contributed by atoms with Gasteiger partial charge in [-0.25, -0.2) is 9.59 Å². The van der Waals surface area contributed by atoms with E-state index in [4.69, 9.17) is 19.7 Å². The first kappa shape index (κ1) is 33.9. The predicted molar refractivity (Wildman–Crippen MR) is 158 cm³/mol. The Morgan fingerprint density at radius 1 is 1.23 bits per heavy atom. The molecule has 0 spiro atoms. The minimum absolute atomic E-state index is 0.0111. The summed E-state index contributed by atoms with van der Waals surface area (Å²) in [6.45, 7) is 16.1. The van der Waals surface area contributed by atoms with E-state index < -0.39 is 23.6 Å². The van der Waals surface area contributed by atoms with Crippen LogP contribution in [0.4, 0.5) is 4.79 Å². The van der Waals surface area contributed by atoms with Gasteiger partial charge in [-0.15, -0.1) is 9.24 Å². The molecular formula is C29H49N4O6P. The molecule has 11 heteroatoms. The molecule has 2 heterocycles. The first-order valence-corrected chi connectivity index (χ1v) is 15.2. The van der Waals surface area contributed by atoms with Crippen LogP contribution in [-0.4, -0.2) is 64.9 Å². The third-order valence-electron chi connectivity index (χ3n) is 8.34. The number of ether oxygens (including phenoxy) is 3. The van der Waals surface area contributed by atoms with E-state index in [1.807, 2.05) is 13.8 Å². The molecule has 7 atom stereocenters. The number of carbonyl (C=O) groups excluding carboxylic acids is 2. The fourth-order valence-electron chi connectivity index (χ4n) is 6.06. The first-order valence-electron chi connectivity index (χ1n) is 14.4. The van der Waals surface area contributed by atoms with E-state index in [-0.39, 0.29) is 29.8 Å². The molecule has 0 aromatic carbocycles. The van der Waals surface area contributed by atoms with Crippen LogP contribution in [0, 0.1) is 17.8 Å². The van der Waals surface area contributed by atoms with Gasteiger partial charge in [0.15, 0.2) is 5.60 Å². The molecule has 1 saturated heterocycles. The summed E-state index contributed by atoms with van der Waals surface area (Å²) in [5.41, 5.74) is 9.23. The Bertz CT molecular complexity index is 1020. The van der Waals surface area contributed by atoms with Gasteiger partial charge in [0.05, 0.1) is 17.7 Å². The third-order valence-corrected chi connectivity index (χ3v) is 8.84. The van der Waals surface area contributed by atoms with E-state index in [1.165, 1.54) is 5.57 Å². The van der Waals surface area contributed by atoms with Crippen LogP contribution in [0.3, 0.4) is 0 Å². The molecule has 0 aromatic heterocycles. The van der Waals surface area contributed by atoms with E-state index in [0.29, 0.717) is 43.7 Å². The maximum absolute atomic E-state index is 12.9. The lowest BCUT2D eigenvalue weighted by Gasteiger charge is -2.39. The van der Waals surface area contributed by atoms with Crippen molar-refractivity contribution in [2.45, 2.75) is 111 Å². The molecule has 2 aliphatic rings. The molecular weight excluding hydrogens is 531 g/mol. The molecule has 1 N–H and O–H groups in total. The summed E-state index contributed by atoms with van der Waals surface area (Å²) in [7, 11) is 2.82. The maximum Gasteiger partial charge on any atom is 0.410 e. The maximum atomic E-state index is 12.9. The van der Waals surface area contributed by atoms with Crippen molar-refractivity contribution in [2.24, 2.45) is 22.9 Å². The number of hydrogen-bond donors (Lipinski definition) is 1. The summed E-state index contributed by atoms with van der Waals surface area (Å²) in [4.78, 5) is 29.9. The number of nitrogens with zero attached hydrogens (tertiary/aromatic N) is 4. The second-order valence-electron chi connectivity index (χ2n) is 11.8. The first-order chi connectivity index (χ1) is 18.7. The summed E-state index contributed by atoms with van der Waals surface area (Å²) >= 11 is 0. The lowest BCUT2D eigenvalue weighted by molar-refractivity contribution is -0.211. The van der Waals surface area contributed by atoms with Crippen molar-refractivity contribution in [3.63, 3.8) is 0 Å². The van der Waals surface area contributed by atoms with Crippen molar-refractivity contribution in [1.29, 1.82) is 0 Å². The summed E-state index contributed by atoms with van der Waals surface area (Å²) in [5.74, 6) is -0.454. The third kappa shape index (κ3) is 7.92. The average Bonchev–Trinajstić information content (AvgIpc) is 3.15. The van der Waals surface area contributed by atoms with Crippen LogP contribution in [0.2, 0.25) is 0 Å². The highest BCUT2D eigenvalue weighted by atomic mass is 31.0. The fraction of sp³-hybridized carbons (Fsp3) is 0.793. The number of hydrogen-bond acceptors (Lipinski definition) is 7. The Morgan fingerprint density at radius 3 is 2.50 bits per heavy atom. The molecule has 1 fully saturated rings. The van der Waals surface area contributed by atoms with Gasteiger partial charge in [-0.05, 0) is 76.4 Å². The molecule has 0 aromatic rings. The van der Waals surface area contributed by atoms with E-state index in [9.17, 15) is 14.7 Å². The second kappa shape index (κ2) is 14.6. The minimum Gasteiger partial charge on any atom is -0.456 e. The number of carbonyl (C=O) groups is 2. The van der Waals surface area contributed by atoms with Crippen molar-refractivity contribution >= 4 is 21.3 Å². The van der Waals surface area contributed by atoms with Gasteiger partial charge in [-0.2, -0.15) is 0 Å². The molecule has 0 saturated carbocycles. The van der Waals surface area contributed by atoms with Crippen LogP contribution in [0.1, 0.15) is 87.5 Å². The lowest BCUT2D eigenvalue weighted by Crippen LogP contribution is -2.54. The fourth-order valence-corrected chi connectivity index (χ4v) is 6.84. The van der Waals surface area contributed by atoms with Gasteiger partial charge in [0.2, 0.25) is 5.79 Å². The monoisotopic (exact) mass is 580 g/mol. The Morgan fingerprint density at radius 2 is 1.90 bits per heavy atom. The highest BCUT2D eigenvalue weighted by molar-refractivity contribution is 7.16. The Balaban J connectivity index is 2.17. The largest absolute Gasteiger partial charge is 0.456 e. The zero-order valence-corrected chi connectivity index (χ0v) is 26.6. The summed E-state index contributed by atoms with van der Waals surface area (Å²) in [5, 5.41) is 14.4. The Hall–Kier alpha value is -2.28. The standard InChI is InChI=1S/C29H49N4O6P/c1-9-23(34)29(8)25(33(27(36)39-29)16-11-10-15-31-32-30)19(3)14-12-13-18(2)22(17-40)20(4)24-21(5)26(35)38-28(6,7)37-24/h13,19-20,22-23,25,34H,9-12,14-17,40H2,1-8H3/b18-13+/t19-,20+,22-,23+,25+,29+/m0/s1. The van der Waals surface area contributed by atoms with E-state index in [2.05, 4.69) is 46.1 Å². The van der Waals surface area contributed by atoms with Gasteiger partial charge < -0.3 is 24.2 Å². The van der Waals surface area contributed by atoms with E-state index >= 15 is 0 Å². The number of allylic oxidation sites excluding steroid dienone is 3. The minimum atomic E-state index is -1.00. The van der Waals surface area contributed by atoms with Crippen molar-refractivity contribution in [1.82, 2.24) is 4.90 Å². The number of esters is 1. The van der Waals surface area contributed by atoms with Crippen LogP contribution in [0.25, 0.3) is 10.4 Å². The van der Waals surface area contributed by atoms with Crippen LogP contribution in [-0.2, 0) is 19.0 Å². The summed E-state index contributed by atoms with van der Waals surface area (Å²) < 4.78 is 17.3. The molecule has 0 aliphatic carbocycles. The summed E-state index contributed by atoms with van der Waals surface area (Å²) in [6.07, 6.45) is 5.29. The SMILES string of the molecule is CC[C@@H](O)[C@@]1(C)OC(=O)N(CCCCN=[N+]=[N-])[C@@H]1[C@@H](C)CC/C=C(\C)[C@H](CP)[C@@H](C)C1=C(C)C(=O)OC(C)(C)O1. The van der Waals surface area contributed by atoms with Crippen LogP contribution in [0.5, 0.6) is 0 Å². The normalized spacial score (nSPS) is 25.9. The molecule has 0 bridgehead atoms. The highest BCUT2D eigenvalue weighted by Crippen LogP contribution is 2.40. The van der Waals surface area contributed by atoms with Gasteiger partial charge >= 0.3 is 12.1 Å². The number of aliphatic hydroxyl groups is 1. The Labute approximate surface area is 241 Å². The van der Waals surface area contributed by atoms with Crippen molar-refractivity contribution < 1.29 is 28.9 Å². The molecule has 2 rings (SSSR count). The number of amides is 1. The molecule has 1 amide bonds. The number of aliphatic hydroxyl groups excluding tert-OH is 1. The number of azide groups is 1. The quantitative estimate of drug-likeness (QED) is 0.0447. The topological polar surface area (TPSA) is 134 Å². The Kier molecular flexibility index (Phi) is 12.4. The van der Waals surface area contributed by atoms with Crippen LogP contribution >= 0.6 is 9.24 Å². The molecule has 40 heavy (non-hydrogen) atoms. The van der Waals surface area contributed by atoms with Crippen molar-refractivity contribution in [2.75, 3.05) is 19.3 Å². The zero-order chi connectivity index (χ0) is 30.3. The van der Waals surface area contributed by atoms with Crippen molar-refractivity contribution in [3.05, 3.63) is 33.4 Å². The van der Waals surface area contributed by atoms with Crippen LogP contribution in [0.15, 0.2) is 28.1 Å². The average molecular weight is 581 g/mol.